The molecule has 2 fully saturated rings. The van der Waals surface area contributed by atoms with Crippen molar-refractivity contribution in [1.29, 1.82) is 0 Å². The van der Waals surface area contributed by atoms with Crippen LogP contribution in [0, 0.1) is 36.5 Å². The molecule has 6 unspecified atom stereocenters. The average Bonchev–Trinajstić information content (AvgIpc) is 3.46. The molecule has 2 saturated carbocycles. The molecule has 0 nitrogen and oxygen atoms in total. The molecule has 34 heavy (non-hydrogen) atoms. The minimum atomic E-state index is -2.11. The Morgan fingerprint density at radius 1 is 0.559 bits per heavy atom. The zero-order chi connectivity index (χ0) is 20.7. The minimum absolute atomic E-state index is 0. The van der Waals surface area contributed by atoms with Crippen LogP contribution in [-0.4, -0.2) is 8.07 Å². The molecule has 0 radical (unpaired) electrons. The maximum atomic E-state index is 2.75. The summed E-state index contributed by atoms with van der Waals surface area (Å²) in [4.78, 5) is 0. The van der Waals surface area contributed by atoms with Crippen molar-refractivity contribution in [3.05, 3.63) is 122 Å². The summed E-state index contributed by atoms with van der Waals surface area (Å²) in [5.74, 6) is 2.52. The molecule has 2 aromatic carbocycles. The van der Waals surface area contributed by atoms with Crippen LogP contribution in [0.4, 0.5) is 0 Å². The van der Waals surface area contributed by atoms with Crippen LogP contribution in [-0.2, 0) is 25.8 Å². The van der Waals surface area contributed by atoms with Gasteiger partial charge in [-0.3, -0.25) is 0 Å². The van der Waals surface area contributed by atoms with Crippen LogP contribution in [0.25, 0.3) is 0 Å². The number of allylic oxidation sites excluding steroid dienone is 8. The largest absolute Gasteiger partial charge is 4.00 e. The maximum Gasteiger partial charge on any atom is 4.00 e. The van der Waals surface area contributed by atoms with Gasteiger partial charge < -0.3 is 37.7 Å². The second kappa shape index (κ2) is 11.9. The van der Waals surface area contributed by atoms with Crippen LogP contribution >= 0.6 is 0 Å². The van der Waals surface area contributed by atoms with Crippen molar-refractivity contribution in [2.45, 2.75) is 23.9 Å². The number of hydrogen-bond donors (Lipinski definition) is 0. The van der Waals surface area contributed by atoms with Crippen molar-refractivity contribution in [2.24, 2.45) is 23.7 Å². The topological polar surface area (TPSA) is 0 Å². The summed E-state index contributed by atoms with van der Waals surface area (Å²) in [6.45, 7) is 0. The van der Waals surface area contributed by atoms with Gasteiger partial charge in [0.1, 0.15) is 0 Å². The van der Waals surface area contributed by atoms with Crippen molar-refractivity contribution in [3.63, 3.8) is 0 Å². The van der Waals surface area contributed by atoms with E-state index in [1.807, 2.05) is 0 Å². The van der Waals surface area contributed by atoms with E-state index >= 15 is 0 Å². The minimum Gasteiger partial charge on any atom is -1.00 e. The van der Waals surface area contributed by atoms with Gasteiger partial charge in [0.15, 0.2) is 0 Å². The maximum absolute atomic E-state index is 2.75. The van der Waals surface area contributed by atoms with E-state index in [-0.39, 0.29) is 50.7 Å². The number of halogens is 2. The van der Waals surface area contributed by atoms with Crippen molar-refractivity contribution in [1.82, 2.24) is 0 Å². The van der Waals surface area contributed by atoms with Crippen LogP contribution in [0.1, 0.15) is 12.8 Å². The van der Waals surface area contributed by atoms with Gasteiger partial charge in [-0.05, 0) is 11.8 Å². The molecule has 0 heterocycles. The van der Waals surface area contributed by atoms with Gasteiger partial charge in [-0.15, -0.1) is 24.0 Å². The fraction of sp³-hybridized carbons (Fsp3) is 0.267. The predicted octanol–water partition coefficient (Wildman–Crippen LogP) is -0.0717. The molecular weight excluding hydrogens is 638 g/mol. The third-order valence-electron chi connectivity index (χ3n) is 8.23. The first-order valence-corrected chi connectivity index (χ1v) is 14.0. The Balaban J connectivity index is 0.00000108. The van der Waals surface area contributed by atoms with Crippen molar-refractivity contribution >= 4 is 18.4 Å². The average molecular weight is 668 g/mol. The summed E-state index contributed by atoms with van der Waals surface area (Å²) in [6.07, 6.45) is 26.9. The first-order chi connectivity index (χ1) is 15.4. The van der Waals surface area contributed by atoms with E-state index in [9.17, 15) is 0 Å². The molecule has 6 rings (SSSR count). The second-order valence-corrected chi connectivity index (χ2v) is 14.1. The third-order valence-corrected chi connectivity index (χ3v) is 14.0. The van der Waals surface area contributed by atoms with Crippen LogP contribution in [0.2, 0.25) is 11.1 Å². The molecule has 0 amide bonds. The van der Waals surface area contributed by atoms with Crippen LogP contribution < -0.4 is 35.2 Å². The molecular formula is C30H30Cl2HfSi. The van der Waals surface area contributed by atoms with Crippen LogP contribution in [0.15, 0.2) is 109 Å². The molecule has 0 aromatic heterocycles. The van der Waals surface area contributed by atoms with E-state index in [1.54, 1.807) is 10.4 Å². The van der Waals surface area contributed by atoms with Gasteiger partial charge >= 0.3 is 25.8 Å². The Bertz CT molecular complexity index is 920. The van der Waals surface area contributed by atoms with E-state index in [0.717, 1.165) is 0 Å². The zero-order valence-corrected chi connectivity index (χ0v) is 25.3. The van der Waals surface area contributed by atoms with Gasteiger partial charge in [0.25, 0.3) is 0 Å². The standard InChI is InChI=1S/C30H30Si.2ClH.Hf/c1-3-15-27(16-4-1)31(28-17-5-2-6-18-28,29-19-23-11-7-8-12-24(23)20-29)30-21-25-13-9-10-14-26(25)22-30;;;/h1-19,21,23-26,29-30H,20,22H2;2*1H;/q-2;;;+4/p-2. The molecule has 0 bridgehead atoms. The first-order valence-electron chi connectivity index (χ1n) is 11.9. The predicted molar refractivity (Wildman–Crippen MR) is 134 cm³/mol. The van der Waals surface area contributed by atoms with Crippen molar-refractivity contribution < 1.29 is 50.7 Å². The molecule has 2 aromatic rings. The summed E-state index contributed by atoms with van der Waals surface area (Å²) in [5, 5.41) is 3.23. The Hall–Kier alpha value is -0.933. The van der Waals surface area contributed by atoms with Gasteiger partial charge in [-0.25, -0.2) is 0 Å². The summed E-state index contributed by atoms with van der Waals surface area (Å²) in [5.41, 5.74) is 1.29. The number of fused-ring (bicyclic) bond motifs is 2. The van der Waals surface area contributed by atoms with Gasteiger partial charge in [-0.2, -0.15) is 11.1 Å². The normalized spacial score (nSPS) is 30.5. The molecule has 4 aliphatic carbocycles. The first kappa shape index (κ1) is 27.7. The van der Waals surface area contributed by atoms with E-state index in [0.29, 0.717) is 34.8 Å². The Morgan fingerprint density at radius 2 is 0.941 bits per heavy atom. The fourth-order valence-electron chi connectivity index (χ4n) is 6.91. The van der Waals surface area contributed by atoms with E-state index < -0.39 is 8.07 Å². The summed E-state index contributed by atoms with van der Waals surface area (Å²) < 4.78 is 0. The van der Waals surface area contributed by atoms with Crippen molar-refractivity contribution in [3.8, 4) is 0 Å². The summed E-state index contributed by atoms with van der Waals surface area (Å²) in [6, 6.07) is 23.2. The van der Waals surface area contributed by atoms with E-state index in [1.165, 1.54) is 12.8 Å². The van der Waals surface area contributed by atoms with Gasteiger partial charge in [0.2, 0.25) is 0 Å². The third kappa shape index (κ3) is 4.73. The molecule has 0 saturated heterocycles. The Kier molecular flexibility index (Phi) is 9.65. The number of hydrogen-bond acceptors (Lipinski definition) is 0. The molecule has 4 heteroatoms. The van der Waals surface area contributed by atoms with E-state index in [4.69, 9.17) is 0 Å². The molecule has 172 valence electrons. The molecule has 6 atom stereocenters. The van der Waals surface area contributed by atoms with E-state index in [2.05, 4.69) is 122 Å². The molecule has 0 spiro atoms. The van der Waals surface area contributed by atoms with Gasteiger partial charge in [-0.1, -0.05) is 120 Å². The SMILES string of the molecule is C1=CC2[CH-]C([Si](c3ccccc3)(c3ccccc3)C3[CH-]C4C=CC=CC4C3)CC2C=C1.[Cl-].[Cl-].[Hf+4]. The Morgan fingerprint density at radius 3 is 1.32 bits per heavy atom. The molecule has 0 N–H and O–H groups in total. The zero-order valence-electron chi connectivity index (χ0n) is 19.2. The van der Waals surface area contributed by atoms with Crippen molar-refractivity contribution in [2.75, 3.05) is 0 Å². The van der Waals surface area contributed by atoms with Gasteiger partial charge in [0.05, 0.1) is 8.07 Å². The second-order valence-electron chi connectivity index (χ2n) is 9.69. The Labute approximate surface area is 237 Å². The summed E-state index contributed by atoms with van der Waals surface area (Å²) in [7, 11) is -2.11. The summed E-state index contributed by atoms with van der Waals surface area (Å²) >= 11 is 0. The fourth-order valence-corrected chi connectivity index (χ4v) is 13.3. The molecule has 4 aliphatic rings. The smallest absolute Gasteiger partial charge is 1.00 e. The van der Waals surface area contributed by atoms with Crippen LogP contribution in [0.3, 0.4) is 0 Å². The van der Waals surface area contributed by atoms with Gasteiger partial charge in [0, 0.05) is 0 Å². The number of rotatable bonds is 4. The number of benzene rings is 2. The quantitative estimate of drug-likeness (QED) is 0.317. The molecule has 0 aliphatic heterocycles. The monoisotopic (exact) mass is 668 g/mol. The van der Waals surface area contributed by atoms with Crippen LogP contribution in [0.5, 0.6) is 0 Å².